The zero-order chi connectivity index (χ0) is 11.5. The van der Waals surface area contributed by atoms with Crippen LogP contribution in [0.3, 0.4) is 0 Å². The van der Waals surface area contributed by atoms with E-state index in [2.05, 4.69) is 31.0 Å². The third kappa shape index (κ3) is 10.2. The molecule has 0 aliphatic heterocycles. The van der Waals surface area contributed by atoms with E-state index in [1.807, 2.05) is 6.92 Å². The fraction of sp³-hybridized carbons (Fsp3) is 1.00. The molecule has 0 radical (unpaired) electrons. The third-order valence-corrected chi connectivity index (χ3v) is 2.28. The van der Waals surface area contributed by atoms with Crippen molar-refractivity contribution in [2.75, 3.05) is 39.4 Å². The molecule has 3 nitrogen and oxygen atoms in total. The van der Waals surface area contributed by atoms with Gasteiger partial charge in [-0.05, 0) is 19.9 Å². The standard InChI is InChI=1S/C12H28N2O/c1-5-8-14(10-11-15-6-2)9-7-13-12(3)4/h12-13H,5-11H2,1-4H3. The highest BCUT2D eigenvalue weighted by atomic mass is 16.5. The fourth-order valence-electron chi connectivity index (χ4n) is 1.50. The second kappa shape index (κ2) is 10.4. The lowest BCUT2D eigenvalue weighted by atomic mass is 10.3. The molecule has 3 heteroatoms. The minimum absolute atomic E-state index is 0.584. The van der Waals surface area contributed by atoms with Gasteiger partial charge in [0, 0.05) is 32.3 Å². The molecule has 0 rings (SSSR count). The van der Waals surface area contributed by atoms with Gasteiger partial charge in [-0.3, -0.25) is 4.90 Å². The summed E-state index contributed by atoms with van der Waals surface area (Å²) >= 11 is 0. The lowest BCUT2D eigenvalue weighted by Crippen LogP contribution is -2.37. The van der Waals surface area contributed by atoms with E-state index in [9.17, 15) is 0 Å². The maximum Gasteiger partial charge on any atom is 0.0593 e. The third-order valence-electron chi connectivity index (χ3n) is 2.28. The molecule has 0 heterocycles. The SMILES string of the molecule is CCCN(CCNC(C)C)CCOCC. The monoisotopic (exact) mass is 216 g/mol. The van der Waals surface area contributed by atoms with Crippen molar-refractivity contribution in [1.82, 2.24) is 10.2 Å². The summed E-state index contributed by atoms with van der Waals surface area (Å²) < 4.78 is 5.38. The number of rotatable bonds is 10. The van der Waals surface area contributed by atoms with Crippen LogP contribution in [-0.4, -0.2) is 50.3 Å². The second-order valence-corrected chi connectivity index (χ2v) is 4.15. The predicted molar refractivity (Wildman–Crippen MR) is 66.4 cm³/mol. The van der Waals surface area contributed by atoms with Crippen molar-refractivity contribution in [2.24, 2.45) is 0 Å². The highest BCUT2D eigenvalue weighted by molar-refractivity contribution is 4.60. The molecule has 0 aromatic rings. The Morgan fingerprint density at radius 2 is 1.87 bits per heavy atom. The van der Waals surface area contributed by atoms with Crippen LogP contribution in [0.5, 0.6) is 0 Å². The van der Waals surface area contributed by atoms with Crippen LogP contribution in [0.15, 0.2) is 0 Å². The number of nitrogens with one attached hydrogen (secondary N) is 1. The van der Waals surface area contributed by atoms with E-state index in [0.29, 0.717) is 6.04 Å². The minimum atomic E-state index is 0.584. The van der Waals surface area contributed by atoms with Gasteiger partial charge in [0.2, 0.25) is 0 Å². The van der Waals surface area contributed by atoms with Gasteiger partial charge in [0.25, 0.3) is 0 Å². The number of hydrogen-bond acceptors (Lipinski definition) is 3. The summed E-state index contributed by atoms with van der Waals surface area (Å²) in [6, 6.07) is 0.584. The van der Waals surface area contributed by atoms with Crippen molar-refractivity contribution >= 4 is 0 Å². The second-order valence-electron chi connectivity index (χ2n) is 4.15. The zero-order valence-electron chi connectivity index (χ0n) is 10.9. The first kappa shape index (κ1) is 14.9. The number of hydrogen-bond donors (Lipinski definition) is 1. The van der Waals surface area contributed by atoms with Crippen LogP contribution < -0.4 is 5.32 Å². The number of nitrogens with zero attached hydrogens (tertiary/aromatic N) is 1. The van der Waals surface area contributed by atoms with E-state index in [-0.39, 0.29) is 0 Å². The van der Waals surface area contributed by atoms with Gasteiger partial charge in [0.1, 0.15) is 0 Å². The summed E-state index contributed by atoms with van der Waals surface area (Å²) in [7, 11) is 0. The molecule has 0 atom stereocenters. The van der Waals surface area contributed by atoms with E-state index in [1.165, 1.54) is 13.0 Å². The summed E-state index contributed by atoms with van der Waals surface area (Å²) in [4.78, 5) is 2.46. The maximum absolute atomic E-state index is 5.38. The van der Waals surface area contributed by atoms with E-state index >= 15 is 0 Å². The van der Waals surface area contributed by atoms with Crippen LogP contribution in [0.25, 0.3) is 0 Å². The Balaban J connectivity index is 3.53. The molecule has 92 valence electrons. The molecule has 1 N–H and O–H groups in total. The molecule has 0 saturated heterocycles. The molecule has 0 amide bonds. The summed E-state index contributed by atoms with van der Waals surface area (Å²) in [6.45, 7) is 14.8. The predicted octanol–water partition coefficient (Wildman–Crippen LogP) is 1.73. The fourth-order valence-corrected chi connectivity index (χ4v) is 1.50. The Bertz CT molecular complexity index is 129. The summed E-state index contributed by atoms with van der Waals surface area (Å²) in [5.74, 6) is 0. The maximum atomic E-state index is 5.38. The first-order valence-electron chi connectivity index (χ1n) is 6.24. The molecular weight excluding hydrogens is 188 g/mol. The quantitative estimate of drug-likeness (QED) is 0.563. The molecule has 0 spiro atoms. The lowest BCUT2D eigenvalue weighted by Gasteiger charge is -2.22. The van der Waals surface area contributed by atoms with Crippen LogP contribution in [-0.2, 0) is 4.74 Å². The zero-order valence-corrected chi connectivity index (χ0v) is 10.9. The van der Waals surface area contributed by atoms with Crippen LogP contribution >= 0.6 is 0 Å². The molecule has 15 heavy (non-hydrogen) atoms. The molecule has 0 saturated carbocycles. The van der Waals surface area contributed by atoms with Gasteiger partial charge in [-0.15, -0.1) is 0 Å². The van der Waals surface area contributed by atoms with Gasteiger partial charge in [0.05, 0.1) is 6.61 Å². The Labute approximate surface area is 95.2 Å². The average Bonchev–Trinajstić information content (AvgIpc) is 2.17. The molecule has 0 aromatic heterocycles. The Hall–Kier alpha value is -0.120. The van der Waals surface area contributed by atoms with Gasteiger partial charge in [-0.1, -0.05) is 20.8 Å². The first-order valence-corrected chi connectivity index (χ1v) is 6.24. The minimum Gasteiger partial charge on any atom is -0.380 e. The van der Waals surface area contributed by atoms with E-state index in [4.69, 9.17) is 4.74 Å². The van der Waals surface area contributed by atoms with Crippen LogP contribution in [0.2, 0.25) is 0 Å². The summed E-state index contributed by atoms with van der Waals surface area (Å²) in [5.41, 5.74) is 0. The topological polar surface area (TPSA) is 24.5 Å². The highest BCUT2D eigenvalue weighted by Crippen LogP contribution is 1.91. The smallest absolute Gasteiger partial charge is 0.0593 e. The molecule has 0 aromatic carbocycles. The van der Waals surface area contributed by atoms with Gasteiger partial charge in [0.15, 0.2) is 0 Å². The Kier molecular flexibility index (Phi) is 10.3. The highest BCUT2D eigenvalue weighted by Gasteiger charge is 2.03. The van der Waals surface area contributed by atoms with Crippen molar-refractivity contribution in [3.8, 4) is 0 Å². The summed E-state index contributed by atoms with van der Waals surface area (Å²) in [5, 5.41) is 3.44. The largest absolute Gasteiger partial charge is 0.380 e. The molecule has 0 bridgehead atoms. The lowest BCUT2D eigenvalue weighted by molar-refractivity contribution is 0.113. The average molecular weight is 216 g/mol. The molecule has 0 aliphatic carbocycles. The van der Waals surface area contributed by atoms with Gasteiger partial charge in [-0.25, -0.2) is 0 Å². The molecule has 0 aliphatic rings. The van der Waals surface area contributed by atoms with Gasteiger partial charge >= 0.3 is 0 Å². The van der Waals surface area contributed by atoms with Crippen LogP contribution in [0.4, 0.5) is 0 Å². The van der Waals surface area contributed by atoms with Gasteiger partial charge in [-0.2, -0.15) is 0 Å². The van der Waals surface area contributed by atoms with E-state index in [1.54, 1.807) is 0 Å². The van der Waals surface area contributed by atoms with Crippen molar-refractivity contribution < 1.29 is 4.74 Å². The normalized spacial score (nSPS) is 11.6. The molecule has 0 unspecified atom stereocenters. The summed E-state index contributed by atoms with van der Waals surface area (Å²) in [6.07, 6.45) is 1.22. The van der Waals surface area contributed by atoms with Gasteiger partial charge < -0.3 is 10.1 Å². The van der Waals surface area contributed by atoms with Crippen LogP contribution in [0.1, 0.15) is 34.1 Å². The Morgan fingerprint density at radius 3 is 2.40 bits per heavy atom. The van der Waals surface area contributed by atoms with Crippen molar-refractivity contribution in [3.05, 3.63) is 0 Å². The molecule has 0 fully saturated rings. The molecular formula is C12H28N2O. The Morgan fingerprint density at radius 1 is 1.13 bits per heavy atom. The van der Waals surface area contributed by atoms with Crippen LogP contribution in [0, 0.1) is 0 Å². The van der Waals surface area contributed by atoms with Crippen molar-refractivity contribution in [1.29, 1.82) is 0 Å². The van der Waals surface area contributed by atoms with Crippen molar-refractivity contribution in [3.63, 3.8) is 0 Å². The van der Waals surface area contributed by atoms with E-state index < -0.39 is 0 Å². The number of ether oxygens (including phenoxy) is 1. The van der Waals surface area contributed by atoms with E-state index in [0.717, 1.165) is 32.8 Å². The first-order chi connectivity index (χ1) is 7.20. The van der Waals surface area contributed by atoms with Crippen molar-refractivity contribution in [2.45, 2.75) is 40.2 Å².